The average molecular weight is 397 g/mol. The summed E-state index contributed by atoms with van der Waals surface area (Å²) >= 11 is 0. The third-order valence-corrected chi connectivity index (χ3v) is 3.71. The number of oxazole rings is 1. The maximum Gasteiger partial charge on any atom is 0.419 e. The van der Waals surface area contributed by atoms with Crippen LogP contribution in [-0.2, 0) is 17.4 Å². The Morgan fingerprint density at radius 1 is 1.11 bits per heavy atom. The van der Waals surface area contributed by atoms with E-state index in [9.17, 15) is 26.7 Å². The van der Waals surface area contributed by atoms with Gasteiger partial charge in [0.15, 0.2) is 11.7 Å². The van der Waals surface area contributed by atoms with Crippen molar-refractivity contribution in [1.29, 1.82) is 0 Å². The SMILES string of the molecule is O=C(CCc1ncc(-c2ccc(F)cc2F)o1)Oc1ccccc1C(F)(F)F. The molecule has 146 valence electrons. The van der Waals surface area contributed by atoms with E-state index in [0.717, 1.165) is 18.2 Å². The highest BCUT2D eigenvalue weighted by Crippen LogP contribution is 2.36. The van der Waals surface area contributed by atoms with E-state index in [0.29, 0.717) is 6.07 Å². The number of benzene rings is 2. The zero-order valence-corrected chi connectivity index (χ0v) is 14.1. The van der Waals surface area contributed by atoms with Gasteiger partial charge in [-0.1, -0.05) is 12.1 Å². The van der Waals surface area contributed by atoms with Gasteiger partial charge >= 0.3 is 12.1 Å². The molecular weight excluding hydrogens is 385 g/mol. The number of para-hydroxylation sites is 1. The molecule has 0 amide bonds. The Morgan fingerprint density at radius 3 is 2.57 bits per heavy atom. The van der Waals surface area contributed by atoms with Gasteiger partial charge in [-0.05, 0) is 24.3 Å². The van der Waals surface area contributed by atoms with Crippen LogP contribution in [0.15, 0.2) is 53.1 Å². The Balaban J connectivity index is 1.64. The lowest BCUT2D eigenvalue weighted by Crippen LogP contribution is -2.14. The number of carbonyl (C=O) groups excluding carboxylic acids is 1. The largest absolute Gasteiger partial charge is 0.441 e. The summed E-state index contributed by atoms with van der Waals surface area (Å²) in [6.45, 7) is 0. The molecule has 28 heavy (non-hydrogen) atoms. The highest BCUT2D eigenvalue weighted by molar-refractivity contribution is 5.73. The number of alkyl halides is 3. The molecule has 9 heteroatoms. The first-order valence-electron chi connectivity index (χ1n) is 8.01. The summed E-state index contributed by atoms with van der Waals surface area (Å²) in [4.78, 5) is 15.7. The minimum absolute atomic E-state index is 0.0122. The number of rotatable bonds is 5. The standard InChI is InChI=1S/C19H12F5NO3/c20-11-5-6-12(14(21)9-11)16-10-25-17(27-16)7-8-18(26)28-15-4-2-1-3-13(15)19(22,23)24/h1-6,9-10H,7-8H2. The number of carbonyl (C=O) groups is 1. The van der Waals surface area contributed by atoms with Gasteiger partial charge in [0.25, 0.3) is 0 Å². The monoisotopic (exact) mass is 397 g/mol. The number of hydrogen-bond donors (Lipinski definition) is 0. The lowest BCUT2D eigenvalue weighted by Gasteiger charge is -2.12. The summed E-state index contributed by atoms with van der Waals surface area (Å²) in [5.74, 6) is -3.01. The van der Waals surface area contributed by atoms with Gasteiger partial charge in [-0.2, -0.15) is 13.2 Å². The molecular formula is C19H12F5NO3. The van der Waals surface area contributed by atoms with E-state index in [1.165, 1.54) is 24.4 Å². The summed E-state index contributed by atoms with van der Waals surface area (Å²) in [6, 6.07) is 7.26. The molecule has 2 aromatic carbocycles. The van der Waals surface area contributed by atoms with E-state index < -0.39 is 35.1 Å². The molecule has 1 heterocycles. The summed E-state index contributed by atoms with van der Waals surface area (Å²) < 4.78 is 75.5. The molecule has 0 atom stereocenters. The molecule has 0 aliphatic rings. The first kappa shape index (κ1) is 19.5. The van der Waals surface area contributed by atoms with Crippen molar-refractivity contribution in [3.63, 3.8) is 0 Å². The van der Waals surface area contributed by atoms with Crippen LogP contribution in [0.3, 0.4) is 0 Å². The van der Waals surface area contributed by atoms with Crippen LogP contribution < -0.4 is 4.74 Å². The van der Waals surface area contributed by atoms with Crippen LogP contribution in [0.2, 0.25) is 0 Å². The second-order valence-electron chi connectivity index (χ2n) is 5.71. The predicted molar refractivity (Wildman–Crippen MR) is 87.3 cm³/mol. The molecule has 0 aliphatic heterocycles. The van der Waals surface area contributed by atoms with Gasteiger partial charge in [0.05, 0.1) is 23.7 Å². The lowest BCUT2D eigenvalue weighted by molar-refractivity contribution is -0.142. The molecule has 3 aromatic rings. The highest BCUT2D eigenvalue weighted by atomic mass is 19.4. The molecule has 0 N–H and O–H groups in total. The number of aromatic nitrogens is 1. The second kappa shape index (κ2) is 7.79. The topological polar surface area (TPSA) is 52.3 Å². The van der Waals surface area contributed by atoms with Crippen LogP contribution >= 0.6 is 0 Å². The number of esters is 1. The van der Waals surface area contributed by atoms with Gasteiger partial charge in [-0.3, -0.25) is 4.79 Å². The molecule has 0 aliphatic carbocycles. The minimum atomic E-state index is -4.66. The van der Waals surface area contributed by atoms with Crippen LogP contribution in [0.25, 0.3) is 11.3 Å². The number of hydrogen-bond acceptors (Lipinski definition) is 4. The highest BCUT2D eigenvalue weighted by Gasteiger charge is 2.34. The Kier molecular flexibility index (Phi) is 5.43. The van der Waals surface area contributed by atoms with Gasteiger partial charge < -0.3 is 9.15 Å². The van der Waals surface area contributed by atoms with Crippen LogP contribution in [0.5, 0.6) is 5.75 Å². The maximum atomic E-state index is 13.7. The third-order valence-electron chi connectivity index (χ3n) is 3.71. The summed E-state index contributed by atoms with van der Waals surface area (Å²) in [5, 5.41) is 0. The Morgan fingerprint density at radius 2 is 1.86 bits per heavy atom. The van der Waals surface area contributed by atoms with Crippen molar-refractivity contribution in [2.45, 2.75) is 19.0 Å². The van der Waals surface area contributed by atoms with Crippen molar-refractivity contribution >= 4 is 5.97 Å². The zero-order chi connectivity index (χ0) is 20.3. The van der Waals surface area contributed by atoms with Crippen LogP contribution in [0, 0.1) is 11.6 Å². The number of halogens is 5. The smallest absolute Gasteiger partial charge is 0.419 e. The van der Waals surface area contributed by atoms with E-state index in [1.807, 2.05) is 0 Å². The van der Waals surface area contributed by atoms with Crippen molar-refractivity contribution < 1.29 is 35.9 Å². The first-order chi connectivity index (χ1) is 13.2. The van der Waals surface area contributed by atoms with Gasteiger partial charge in [-0.25, -0.2) is 13.8 Å². The average Bonchev–Trinajstić information content (AvgIpc) is 3.08. The maximum absolute atomic E-state index is 13.7. The molecule has 4 nitrogen and oxygen atoms in total. The van der Waals surface area contributed by atoms with E-state index in [2.05, 4.69) is 4.98 Å². The molecule has 0 bridgehead atoms. The minimum Gasteiger partial charge on any atom is -0.441 e. The number of aryl methyl sites for hydroxylation is 1. The molecule has 3 rings (SSSR count). The summed E-state index contributed by atoms with van der Waals surface area (Å²) in [6.07, 6.45) is -3.84. The Bertz CT molecular complexity index is 997. The number of ether oxygens (including phenoxy) is 1. The Labute approximate surface area is 155 Å². The zero-order valence-electron chi connectivity index (χ0n) is 14.1. The summed E-state index contributed by atoms with van der Waals surface area (Å²) in [5.41, 5.74) is -1.07. The lowest BCUT2D eigenvalue weighted by atomic mass is 10.2. The fourth-order valence-corrected chi connectivity index (χ4v) is 2.41. The predicted octanol–water partition coefficient (Wildman–Crippen LogP) is 5.18. The van der Waals surface area contributed by atoms with Gasteiger partial charge in [0, 0.05) is 12.5 Å². The summed E-state index contributed by atoms with van der Waals surface area (Å²) in [7, 11) is 0. The van der Waals surface area contributed by atoms with Gasteiger partial charge in [0.2, 0.25) is 0 Å². The molecule has 0 fully saturated rings. The normalized spacial score (nSPS) is 11.5. The molecule has 0 spiro atoms. The third kappa shape index (κ3) is 4.54. The molecule has 0 radical (unpaired) electrons. The van der Waals surface area contributed by atoms with Crippen molar-refractivity contribution in [3.05, 3.63) is 71.8 Å². The second-order valence-corrected chi connectivity index (χ2v) is 5.71. The van der Waals surface area contributed by atoms with Crippen molar-refractivity contribution in [2.24, 2.45) is 0 Å². The van der Waals surface area contributed by atoms with E-state index in [4.69, 9.17) is 9.15 Å². The Hall–Kier alpha value is -3.23. The van der Waals surface area contributed by atoms with Crippen molar-refractivity contribution in [3.8, 4) is 17.1 Å². The van der Waals surface area contributed by atoms with Crippen molar-refractivity contribution in [1.82, 2.24) is 4.98 Å². The molecule has 0 unspecified atom stereocenters. The molecule has 1 aromatic heterocycles. The van der Waals surface area contributed by atoms with E-state index in [1.54, 1.807) is 0 Å². The van der Waals surface area contributed by atoms with Crippen molar-refractivity contribution in [2.75, 3.05) is 0 Å². The van der Waals surface area contributed by atoms with Crippen LogP contribution in [0.4, 0.5) is 22.0 Å². The first-order valence-corrected chi connectivity index (χ1v) is 8.01. The van der Waals surface area contributed by atoms with Crippen LogP contribution in [-0.4, -0.2) is 11.0 Å². The molecule has 0 saturated carbocycles. The van der Waals surface area contributed by atoms with Gasteiger partial charge in [-0.15, -0.1) is 0 Å². The number of nitrogens with zero attached hydrogens (tertiary/aromatic N) is 1. The van der Waals surface area contributed by atoms with E-state index in [-0.39, 0.29) is 30.1 Å². The van der Waals surface area contributed by atoms with Crippen LogP contribution in [0.1, 0.15) is 17.9 Å². The fourth-order valence-electron chi connectivity index (χ4n) is 2.41. The fraction of sp³-hybridized carbons (Fsp3) is 0.158. The molecule has 0 saturated heterocycles. The van der Waals surface area contributed by atoms with E-state index >= 15 is 0 Å². The quantitative estimate of drug-likeness (QED) is 0.338. The van der Waals surface area contributed by atoms with Gasteiger partial charge in [0.1, 0.15) is 17.4 Å².